The summed E-state index contributed by atoms with van der Waals surface area (Å²) in [5, 5.41) is 41.6. The van der Waals surface area contributed by atoms with Crippen LogP contribution < -0.4 is 20.9 Å². The first-order chi connectivity index (χ1) is 16.4. The van der Waals surface area contributed by atoms with E-state index in [1.165, 1.54) is 30.3 Å². The van der Waals surface area contributed by atoms with E-state index in [9.17, 15) is 34.4 Å². The van der Waals surface area contributed by atoms with Gasteiger partial charge in [-0.05, 0) is 19.1 Å². The molecule has 0 bridgehead atoms. The first-order valence-corrected chi connectivity index (χ1v) is 11.4. The third-order valence-corrected chi connectivity index (χ3v) is 6.55. The summed E-state index contributed by atoms with van der Waals surface area (Å²) in [6.45, 7) is -0.345. The van der Waals surface area contributed by atoms with Crippen LogP contribution in [0.15, 0.2) is 52.2 Å². The van der Waals surface area contributed by atoms with Crippen molar-refractivity contribution in [3.8, 4) is 11.8 Å². The van der Waals surface area contributed by atoms with E-state index >= 15 is 4.39 Å². The van der Waals surface area contributed by atoms with Crippen molar-refractivity contribution in [1.29, 1.82) is 5.26 Å². The van der Waals surface area contributed by atoms with Crippen molar-refractivity contribution in [2.24, 2.45) is 0 Å². The highest BCUT2D eigenvalue weighted by atomic mass is 31.2. The molecule has 16 heteroatoms. The Morgan fingerprint density at radius 1 is 1.34 bits per heavy atom. The number of alkyl halides is 1. The van der Waals surface area contributed by atoms with E-state index in [0.29, 0.717) is 4.57 Å². The Bertz CT molecular complexity index is 1300. The standard InChI is InChI=1S/C19H20FN4O10P/c1-11(16(28)29)23-35(31,33-12-5-3-2-4-6-12)32-10-18(20)14(26)15(27)19(9-21,34-18)24-8-7-13(25)22-17(24)30/h2-8,11,14-15,26-27H,10H2,1H3,(H,23,31)(H,28,29)(H,22,25,30)/t11-,14-,15+,18+,19+,35-/m0/s1. The number of nitrogens with zero attached hydrogens (tertiary/aromatic N) is 2. The first-order valence-electron chi connectivity index (χ1n) is 9.84. The van der Waals surface area contributed by atoms with Crippen molar-refractivity contribution in [3.63, 3.8) is 0 Å². The second kappa shape index (κ2) is 9.70. The summed E-state index contributed by atoms with van der Waals surface area (Å²) in [5.41, 5.74) is -4.98. The zero-order valence-electron chi connectivity index (χ0n) is 17.9. The first kappa shape index (κ1) is 26.2. The van der Waals surface area contributed by atoms with Gasteiger partial charge in [-0.25, -0.2) is 13.8 Å². The number of rotatable bonds is 9. The summed E-state index contributed by atoms with van der Waals surface area (Å²) >= 11 is 0. The van der Waals surface area contributed by atoms with Crippen LogP contribution in [-0.2, 0) is 24.3 Å². The average Bonchev–Trinajstić information content (AvgIpc) is 3.00. The van der Waals surface area contributed by atoms with Gasteiger partial charge in [0, 0.05) is 12.3 Å². The molecule has 1 saturated heterocycles. The molecule has 1 aromatic carbocycles. The number of benzene rings is 1. The highest BCUT2D eigenvalue weighted by molar-refractivity contribution is 7.52. The molecule has 6 atom stereocenters. The second-order valence-corrected chi connectivity index (χ2v) is 9.12. The van der Waals surface area contributed by atoms with Crippen molar-refractivity contribution in [3.05, 3.63) is 63.4 Å². The quantitative estimate of drug-likeness (QED) is 0.265. The van der Waals surface area contributed by atoms with Gasteiger partial charge < -0.3 is 19.8 Å². The number of aliphatic carboxylic acids is 1. The Labute approximate surface area is 195 Å². The van der Waals surface area contributed by atoms with Crippen molar-refractivity contribution < 1.29 is 42.9 Å². The number of aromatic nitrogens is 2. The number of nitriles is 1. The molecule has 2 heterocycles. The van der Waals surface area contributed by atoms with E-state index in [1.807, 2.05) is 0 Å². The largest absolute Gasteiger partial charge is 0.480 e. The zero-order chi connectivity index (χ0) is 26.0. The Morgan fingerprint density at radius 2 is 2.00 bits per heavy atom. The third kappa shape index (κ3) is 5.17. The molecule has 35 heavy (non-hydrogen) atoms. The molecule has 5 N–H and O–H groups in total. The smallest absolute Gasteiger partial charge is 0.459 e. The van der Waals surface area contributed by atoms with Crippen LogP contribution in [0.3, 0.4) is 0 Å². The summed E-state index contributed by atoms with van der Waals surface area (Å²) in [4.78, 5) is 36.5. The predicted molar refractivity (Wildman–Crippen MR) is 113 cm³/mol. The molecule has 14 nitrogen and oxygen atoms in total. The van der Waals surface area contributed by atoms with Crippen LogP contribution in [-0.4, -0.2) is 61.6 Å². The van der Waals surface area contributed by atoms with E-state index < -0.39 is 61.4 Å². The summed E-state index contributed by atoms with van der Waals surface area (Å²) in [5.74, 6) is -4.95. The SMILES string of the molecule is C[C@H](N[P@](=O)(OC[C@@]1(F)O[C@@](C#N)(n2ccc(=O)[nH]c2=O)[C@H](O)[C@@H]1O)Oc1ccccc1)C(=O)O. The lowest BCUT2D eigenvalue weighted by molar-refractivity contribution is -0.225. The number of hydrogen-bond donors (Lipinski definition) is 5. The lowest BCUT2D eigenvalue weighted by atomic mass is 10.0. The van der Waals surface area contributed by atoms with Gasteiger partial charge in [-0.15, -0.1) is 0 Å². The van der Waals surface area contributed by atoms with Gasteiger partial charge in [-0.3, -0.25) is 28.4 Å². The van der Waals surface area contributed by atoms with Gasteiger partial charge in [0.05, 0.1) is 0 Å². The molecule has 1 aliphatic rings. The number of carbonyl (C=O) groups is 1. The lowest BCUT2D eigenvalue weighted by Crippen LogP contribution is -2.50. The number of ether oxygens (including phenoxy) is 1. The fraction of sp³-hybridized carbons (Fsp3) is 0.368. The highest BCUT2D eigenvalue weighted by Gasteiger charge is 2.66. The number of carboxylic acids is 1. The summed E-state index contributed by atoms with van der Waals surface area (Å²) in [6, 6.07) is 7.98. The zero-order valence-corrected chi connectivity index (χ0v) is 18.8. The fourth-order valence-electron chi connectivity index (χ4n) is 3.13. The van der Waals surface area contributed by atoms with Gasteiger partial charge in [-0.1, -0.05) is 18.2 Å². The molecule has 1 fully saturated rings. The minimum absolute atomic E-state index is 0.0482. The average molecular weight is 514 g/mol. The van der Waals surface area contributed by atoms with Crippen LogP contribution in [0.1, 0.15) is 6.92 Å². The van der Waals surface area contributed by atoms with E-state index in [2.05, 4.69) is 5.09 Å². The molecule has 0 saturated carbocycles. The van der Waals surface area contributed by atoms with Crippen molar-refractivity contribution >= 4 is 13.7 Å². The Hall–Kier alpha value is -3.38. The van der Waals surface area contributed by atoms with Gasteiger partial charge in [-0.2, -0.15) is 10.3 Å². The molecule has 0 unspecified atom stereocenters. The maximum absolute atomic E-state index is 15.7. The number of H-pyrrole nitrogens is 1. The van der Waals surface area contributed by atoms with Crippen LogP contribution >= 0.6 is 7.75 Å². The highest BCUT2D eigenvalue weighted by Crippen LogP contribution is 2.49. The summed E-state index contributed by atoms with van der Waals surface area (Å²) in [6.07, 6.45) is -4.17. The van der Waals surface area contributed by atoms with Crippen molar-refractivity contribution in [2.45, 2.75) is 36.8 Å². The van der Waals surface area contributed by atoms with Crippen molar-refractivity contribution in [1.82, 2.24) is 14.6 Å². The second-order valence-electron chi connectivity index (χ2n) is 7.43. The number of carboxylic acid groups (broad SMARTS) is 1. The molecular formula is C19H20FN4O10P. The number of hydrogen-bond acceptors (Lipinski definition) is 10. The summed E-state index contributed by atoms with van der Waals surface area (Å²) < 4.78 is 44.5. The Balaban J connectivity index is 1.92. The third-order valence-electron chi connectivity index (χ3n) is 4.93. The maximum atomic E-state index is 15.7. The minimum Gasteiger partial charge on any atom is -0.480 e. The number of aliphatic hydroxyl groups is 2. The van der Waals surface area contributed by atoms with Gasteiger partial charge in [0.1, 0.15) is 36.7 Å². The number of nitrogens with one attached hydrogen (secondary N) is 2. The lowest BCUT2D eigenvalue weighted by Gasteiger charge is -2.28. The molecule has 1 aromatic heterocycles. The van der Waals surface area contributed by atoms with Gasteiger partial charge in [0.25, 0.3) is 17.1 Å². The number of halogens is 1. The number of aromatic amines is 1. The van der Waals surface area contributed by atoms with E-state index in [0.717, 1.165) is 19.2 Å². The molecule has 3 rings (SSSR count). The molecule has 0 radical (unpaired) electrons. The van der Waals surface area contributed by atoms with Gasteiger partial charge >= 0.3 is 19.4 Å². The normalized spacial score (nSPS) is 28.5. The fourth-order valence-corrected chi connectivity index (χ4v) is 4.64. The van der Waals surface area contributed by atoms with Gasteiger partial charge in [0.15, 0.2) is 0 Å². The van der Waals surface area contributed by atoms with E-state index in [4.69, 9.17) is 18.9 Å². The van der Waals surface area contributed by atoms with E-state index in [-0.39, 0.29) is 5.75 Å². The molecule has 0 spiro atoms. The Morgan fingerprint density at radius 3 is 2.57 bits per heavy atom. The number of para-hydroxylation sites is 1. The molecule has 0 aliphatic carbocycles. The molecule has 0 amide bonds. The molecule has 1 aliphatic heterocycles. The van der Waals surface area contributed by atoms with Crippen LogP contribution in [0, 0.1) is 11.3 Å². The minimum atomic E-state index is -4.67. The monoisotopic (exact) mass is 514 g/mol. The van der Waals surface area contributed by atoms with Gasteiger partial charge in [0.2, 0.25) is 0 Å². The summed E-state index contributed by atoms with van der Waals surface area (Å²) in [7, 11) is -4.67. The van der Waals surface area contributed by atoms with Crippen molar-refractivity contribution in [2.75, 3.05) is 6.61 Å². The molecule has 188 valence electrons. The topological polar surface area (TPSA) is 213 Å². The van der Waals surface area contributed by atoms with Crippen LogP contribution in [0.4, 0.5) is 4.39 Å². The maximum Gasteiger partial charge on any atom is 0.459 e. The van der Waals surface area contributed by atoms with E-state index in [1.54, 1.807) is 11.1 Å². The van der Waals surface area contributed by atoms with Crippen LogP contribution in [0.25, 0.3) is 0 Å². The van der Waals surface area contributed by atoms with Crippen LogP contribution in [0.2, 0.25) is 0 Å². The van der Waals surface area contributed by atoms with Crippen LogP contribution in [0.5, 0.6) is 5.75 Å². The predicted octanol–water partition coefficient (Wildman–Crippen LogP) is -0.603. The molecule has 2 aromatic rings. The Kier molecular flexibility index (Phi) is 7.27. The molecular weight excluding hydrogens is 494 g/mol. The number of aliphatic hydroxyl groups excluding tert-OH is 2.